The van der Waals surface area contributed by atoms with Crippen molar-refractivity contribution in [1.29, 1.82) is 0 Å². The Kier molecular flexibility index (Phi) is 5.28. The van der Waals surface area contributed by atoms with Gasteiger partial charge in [-0.2, -0.15) is 0 Å². The number of nitrogens with zero attached hydrogens (tertiary/aromatic N) is 1. The van der Waals surface area contributed by atoms with Gasteiger partial charge in [-0.05, 0) is 24.3 Å². The summed E-state index contributed by atoms with van der Waals surface area (Å²) in [6.45, 7) is 0. The molecule has 5 nitrogen and oxygen atoms in total. The minimum Gasteiger partial charge on any atom is -0.378 e. The number of halogens is 2. The van der Waals surface area contributed by atoms with E-state index in [-0.39, 0.29) is 9.90 Å². The summed E-state index contributed by atoms with van der Waals surface area (Å²) in [6.07, 6.45) is 0. The molecule has 0 fully saturated rings. The number of carbonyl (C=O) groups excluding carboxylic acids is 2. The van der Waals surface area contributed by atoms with E-state index in [4.69, 9.17) is 23.2 Å². The van der Waals surface area contributed by atoms with Crippen LogP contribution in [0.4, 0.5) is 5.69 Å². The Bertz CT molecular complexity index is 716. The van der Waals surface area contributed by atoms with Crippen molar-refractivity contribution in [3.05, 3.63) is 50.1 Å². The van der Waals surface area contributed by atoms with Crippen LogP contribution in [0.2, 0.25) is 8.67 Å². The molecule has 0 saturated heterocycles. The average molecular weight is 358 g/mol. The van der Waals surface area contributed by atoms with Crippen LogP contribution in [0.1, 0.15) is 20.7 Å². The minimum atomic E-state index is -0.523. The molecule has 0 bridgehead atoms. The van der Waals surface area contributed by atoms with Crippen molar-refractivity contribution in [2.45, 2.75) is 0 Å². The highest BCUT2D eigenvalue weighted by molar-refractivity contribution is 7.20. The number of rotatable bonds is 3. The smallest absolute Gasteiger partial charge is 0.272 e. The molecule has 22 heavy (non-hydrogen) atoms. The van der Waals surface area contributed by atoms with Gasteiger partial charge in [0.05, 0.1) is 9.90 Å². The van der Waals surface area contributed by atoms with Gasteiger partial charge in [0.25, 0.3) is 11.8 Å². The highest BCUT2D eigenvalue weighted by Crippen LogP contribution is 2.30. The first-order valence-electron chi connectivity index (χ1n) is 6.21. The Morgan fingerprint density at radius 3 is 2.36 bits per heavy atom. The van der Waals surface area contributed by atoms with Crippen LogP contribution in [0.3, 0.4) is 0 Å². The van der Waals surface area contributed by atoms with E-state index in [1.54, 1.807) is 18.2 Å². The Balaban J connectivity index is 2.02. The average Bonchev–Trinajstić information content (AvgIpc) is 2.83. The summed E-state index contributed by atoms with van der Waals surface area (Å²) in [5, 5.41) is 0. The normalized spacial score (nSPS) is 10.2. The van der Waals surface area contributed by atoms with Crippen LogP contribution in [0.5, 0.6) is 0 Å². The number of benzene rings is 1. The van der Waals surface area contributed by atoms with Crippen LogP contribution in [-0.2, 0) is 0 Å². The number of anilines is 1. The summed E-state index contributed by atoms with van der Waals surface area (Å²) in [6, 6.07) is 8.46. The molecule has 0 spiro atoms. The molecule has 2 amide bonds. The molecule has 0 aliphatic heterocycles. The van der Waals surface area contributed by atoms with E-state index < -0.39 is 11.8 Å². The molecule has 0 radical (unpaired) electrons. The summed E-state index contributed by atoms with van der Waals surface area (Å²) in [4.78, 5) is 25.8. The largest absolute Gasteiger partial charge is 0.378 e. The zero-order valence-electron chi connectivity index (χ0n) is 11.8. The maximum atomic E-state index is 12.0. The molecule has 1 aromatic carbocycles. The van der Waals surface area contributed by atoms with E-state index >= 15 is 0 Å². The zero-order chi connectivity index (χ0) is 16.3. The first-order valence-corrected chi connectivity index (χ1v) is 7.78. The number of hydrogen-bond acceptors (Lipinski definition) is 4. The van der Waals surface area contributed by atoms with Gasteiger partial charge in [-0.15, -0.1) is 11.3 Å². The van der Waals surface area contributed by atoms with Gasteiger partial charge in [0, 0.05) is 25.3 Å². The topological polar surface area (TPSA) is 61.4 Å². The predicted octanol–water partition coefficient (Wildman–Crippen LogP) is 3.20. The van der Waals surface area contributed by atoms with Gasteiger partial charge in [0.1, 0.15) is 4.34 Å². The summed E-state index contributed by atoms with van der Waals surface area (Å²) in [5.74, 6) is -0.945. The fourth-order valence-electron chi connectivity index (χ4n) is 1.67. The van der Waals surface area contributed by atoms with Gasteiger partial charge < -0.3 is 4.90 Å². The minimum absolute atomic E-state index is 0.221. The third kappa shape index (κ3) is 3.91. The van der Waals surface area contributed by atoms with Crippen molar-refractivity contribution in [2.75, 3.05) is 19.0 Å². The lowest BCUT2D eigenvalue weighted by molar-refractivity contribution is 0.0847. The molecule has 0 atom stereocenters. The van der Waals surface area contributed by atoms with E-state index in [0.29, 0.717) is 9.90 Å². The van der Waals surface area contributed by atoms with Crippen molar-refractivity contribution in [3.8, 4) is 0 Å². The molecule has 0 aliphatic carbocycles. The second-order valence-electron chi connectivity index (χ2n) is 4.59. The molecule has 1 aromatic heterocycles. The van der Waals surface area contributed by atoms with E-state index in [0.717, 1.165) is 17.0 Å². The van der Waals surface area contributed by atoms with Gasteiger partial charge in [0.2, 0.25) is 0 Å². The number of hydrazine groups is 1. The fraction of sp³-hybridized carbons (Fsp3) is 0.143. The van der Waals surface area contributed by atoms with Crippen LogP contribution in [0.25, 0.3) is 0 Å². The second kappa shape index (κ2) is 7.00. The Labute approximate surface area is 141 Å². The first-order chi connectivity index (χ1) is 10.4. The Morgan fingerprint density at radius 2 is 1.77 bits per heavy atom. The quantitative estimate of drug-likeness (QED) is 0.829. The number of amides is 2. The molecule has 2 N–H and O–H groups in total. The van der Waals surface area contributed by atoms with E-state index in [9.17, 15) is 9.59 Å². The van der Waals surface area contributed by atoms with Crippen LogP contribution < -0.4 is 15.8 Å². The van der Waals surface area contributed by atoms with E-state index in [2.05, 4.69) is 10.9 Å². The number of thiophene rings is 1. The fourth-order valence-corrected chi connectivity index (χ4v) is 3.13. The SMILES string of the molecule is CN(C)c1cccc(C(=O)NNC(=O)c2cc(Cl)sc2Cl)c1. The lowest BCUT2D eigenvalue weighted by Crippen LogP contribution is -2.41. The third-order valence-electron chi connectivity index (χ3n) is 2.82. The van der Waals surface area contributed by atoms with Gasteiger partial charge in [0.15, 0.2) is 0 Å². The van der Waals surface area contributed by atoms with Crippen molar-refractivity contribution < 1.29 is 9.59 Å². The van der Waals surface area contributed by atoms with Crippen LogP contribution in [-0.4, -0.2) is 25.9 Å². The monoisotopic (exact) mass is 357 g/mol. The molecule has 116 valence electrons. The predicted molar refractivity (Wildman–Crippen MR) is 90.0 cm³/mol. The van der Waals surface area contributed by atoms with Gasteiger partial charge in [-0.1, -0.05) is 29.3 Å². The highest BCUT2D eigenvalue weighted by Gasteiger charge is 2.15. The number of hydrogen-bond donors (Lipinski definition) is 2. The molecule has 8 heteroatoms. The van der Waals surface area contributed by atoms with E-state index in [1.807, 2.05) is 25.1 Å². The van der Waals surface area contributed by atoms with Crippen molar-refractivity contribution in [1.82, 2.24) is 10.9 Å². The highest BCUT2D eigenvalue weighted by atomic mass is 35.5. The second-order valence-corrected chi connectivity index (χ2v) is 6.88. The molecule has 2 rings (SSSR count). The molecule has 0 unspecified atom stereocenters. The van der Waals surface area contributed by atoms with Crippen molar-refractivity contribution >= 4 is 52.0 Å². The third-order valence-corrected chi connectivity index (χ3v) is 4.30. The number of nitrogens with one attached hydrogen (secondary N) is 2. The summed E-state index contributed by atoms with van der Waals surface area (Å²) in [5.41, 5.74) is 6.19. The first kappa shape index (κ1) is 16.6. The summed E-state index contributed by atoms with van der Waals surface area (Å²) < 4.78 is 0.673. The van der Waals surface area contributed by atoms with Crippen LogP contribution in [0, 0.1) is 0 Å². The molecule has 1 heterocycles. The Morgan fingerprint density at radius 1 is 1.09 bits per heavy atom. The molecular formula is C14H13Cl2N3O2S. The molecule has 2 aromatic rings. The maximum absolute atomic E-state index is 12.0. The number of carbonyl (C=O) groups is 2. The van der Waals surface area contributed by atoms with Crippen molar-refractivity contribution in [2.24, 2.45) is 0 Å². The molecular weight excluding hydrogens is 345 g/mol. The molecule has 0 saturated carbocycles. The van der Waals surface area contributed by atoms with Crippen LogP contribution >= 0.6 is 34.5 Å². The Hall–Kier alpha value is -1.76. The lowest BCUT2D eigenvalue weighted by atomic mass is 10.2. The lowest BCUT2D eigenvalue weighted by Gasteiger charge is -2.13. The van der Waals surface area contributed by atoms with Crippen molar-refractivity contribution in [3.63, 3.8) is 0 Å². The van der Waals surface area contributed by atoms with Crippen LogP contribution in [0.15, 0.2) is 30.3 Å². The summed E-state index contributed by atoms with van der Waals surface area (Å²) in [7, 11) is 3.75. The maximum Gasteiger partial charge on any atom is 0.272 e. The standard InChI is InChI=1S/C14H13Cl2N3O2S/c1-19(2)9-5-3-4-8(6-9)13(20)17-18-14(21)10-7-11(15)22-12(10)16/h3-7H,1-2H3,(H,17,20)(H,18,21). The zero-order valence-corrected chi connectivity index (χ0v) is 14.1. The summed E-state index contributed by atoms with van der Waals surface area (Å²) >= 11 is 12.7. The molecule has 0 aliphatic rings. The van der Waals surface area contributed by atoms with Gasteiger partial charge >= 0.3 is 0 Å². The van der Waals surface area contributed by atoms with Gasteiger partial charge in [-0.3, -0.25) is 20.4 Å². The van der Waals surface area contributed by atoms with E-state index in [1.165, 1.54) is 6.07 Å². The van der Waals surface area contributed by atoms with Gasteiger partial charge in [-0.25, -0.2) is 0 Å².